The molecule has 2 atom stereocenters. The lowest BCUT2D eigenvalue weighted by Crippen LogP contribution is -2.42. The number of rotatable bonds is 3. The van der Waals surface area contributed by atoms with Crippen molar-refractivity contribution in [1.82, 2.24) is 9.21 Å². The first kappa shape index (κ1) is 15.8. The largest absolute Gasteiger partial charge is 0.329 e. The van der Waals surface area contributed by atoms with Crippen LogP contribution in [0, 0.1) is 0 Å². The van der Waals surface area contributed by atoms with Crippen LogP contribution in [0.2, 0.25) is 0 Å². The van der Waals surface area contributed by atoms with Crippen molar-refractivity contribution in [2.24, 2.45) is 0 Å². The Morgan fingerprint density at radius 1 is 1.04 bits per heavy atom. The summed E-state index contributed by atoms with van der Waals surface area (Å²) in [5, 5.41) is 0. The van der Waals surface area contributed by atoms with E-state index in [2.05, 4.69) is 12.2 Å². The summed E-state index contributed by atoms with van der Waals surface area (Å²) in [6.45, 7) is 1.18. The minimum absolute atomic E-state index is 0.0111. The van der Waals surface area contributed by atoms with E-state index in [0.29, 0.717) is 24.7 Å². The Balaban J connectivity index is 1.56. The second kappa shape index (κ2) is 6.01. The lowest BCUT2D eigenvalue weighted by atomic mass is 10.1. The molecule has 0 aliphatic carbocycles. The monoisotopic (exact) mass is 346 g/mol. The maximum Gasteiger partial charge on any atom is 0.254 e. The molecule has 3 aliphatic heterocycles. The summed E-state index contributed by atoms with van der Waals surface area (Å²) in [6.07, 6.45) is 9.11. The molecule has 0 spiro atoms. The fraction of sp³-hybridized carbons (Fsp3) is 0.500. The highest BCUT2D eigenvalue weighted by Gasteiger charge is 2.37. The molecule has 3 heterocycles. The first-order valence-corrected chi connectivity index (χ1v) is 10.1. The van der Waals surface area contributed by atoms with Crippen LogP contribution in [-0.4, -0.2) is 48.7 Å². The van der Waals surface area contributed by atoms with E-state index >= 15 is 0 Å². The van der Waals surface area contributed by atoms with Crippen LogP contribution in [0.15, 0.2) is 41.3 Å². The lowest BCUT2D eigenvalue weighted by Gasteiger charge is -2.31. The van der Waals surface area contributed by atoms with Crippen LogP contribution in [0.1, 0.15) is 42.5 Å². The number of carbonyl (C=O) groups excluding carboxylic acids is 1. The highest BCUT2D eigenvalue weighted by molar-refractivity contribution is 7.89. The molecule has 4 rings (SSSR count). The molecule has 6 heteroatoms. The van der Waals surface area contributed by atoms with Crippen molar-refractivity contribution in [2.45, 2.75) is 49.1 Å². The minimum atomic E-state index is -3.42. The van der Waals surface area contributed by atoms with E-state index in [0.717, 1.165) is 32.1 Å². The van der Waals surface area contributed by atoms with Crippen LogP contribution >= 0.6 is 0 Å². The minimum Gasteiger partial charge on any atom is -0.329 e. The Morgan fingerprint density at radius 2 is 1.75 bits per heavy atom. The zero-order valence-electron chi connectivity index (χ0n) is 13.6. The van der Waals surface area contributed by atoms with E-state index in [-0.39, 0.29) is 16.8 Å². The number of fused-ring (bicyclic) bond motifs is 2. The zero-order chi connectivity index (χ0) is 16.7. The number of hydrogen-bond acceptors (Lipinski definition) is 3. The molecular weight excluding hydrogens is 324 g/mol. The van der Waals surface area contributed by atoms with E-state index in [1.54, 1.807) is 24.3 Å². The fourth-order valence-corrected chi connectivity index (χ4v) is 5.55. The highest BCUT2D eigenvalue weighted by atomic mass is 32.2. The van der Waals surface area contributed by atoms with Gasteiger partial charge >= 0.3 is 0 Å². The van der Waals surface area contributed by atoms with Gasteiger partial charge in [0.15, 0.2) is 0 Å². The summed E-state index contributed by atoms with van der Waals surface area (Å²) in [7, 11) is -3.42. The SMILES string of the molecule is O=C(c1ccc(S(=O)(=O)N2CCCC2)cc1)N1C2C=CCC1CC2. The van der Waals surface area contributed by atoms with Gasteiger partial charge in [0.05, 0.1) is 10.9 Å². The average molecular weight is 346 g/mol. The third-order valence-electron chi connectivity index (χ3n) is 5.35. The van der Waals surface area contributed by atoms with Crippen molar-refractivity contribution in [2.75, 3.05) is 13.1 Å². The Labute approximate surface area is 143 Å². The van der Waals surface area contributed by atoms with Gasteiger partial charge in [0.1, 0.15) is 0 Å². The van der Waals surface area contributed by atoms with E-state index < -0.39 is 10.0 Å². The molecule has 0 saturated carbocycles. The number of hydrogen-bond donors (Lipinski definition) is 0. The second-order valence-electron chi connectivity index (χ2n) is 6.81. The molecule has 24 heavy (non-hydrogen) atoms. The van der Waals surface area contributed by atoms with E-state index in [1.165, 1.54) is 4.31 Å². The van der Waals surface area contributed by atoms with Gasteiger partial charge in [-0.25, -0.2) is 8.42 Å². The number of sulfonamides is 1. The van der Waals surface area contributed by atoms with Crippen molar-refractivity contribution in [3.05, 3.63) is 42.0 Å². The van der Waals surface area contributed by atoms with Gasteiger partial charge in [-0.1, -0.05) is 12.2 Å². The second-order valence-corrected chi connectivity index (χ2v) is 8.75. The van der Waals surface area contributed by atoms with Gasteiger partial charge in [-0.3, -0.25) is 4.79 Å². The summed E-state index contributed by atoms with van der Waals surface area (Å²) in [4.78, 5) is 15.1. The first-order chi connectivity index (χ1) is 11.6. The molecule has 2 unspecified atom stereocenters. The molecular formula is C18H22N2O3S. The normalized spacial score (nSPS) is 26.9. The van der Waals surface area contributed by atoms with Crippen molar-refractivity contribution in [3.63, 3.8) is 0 Å². The third-order valence-corrected chi connectivity index (χ3v) is 7.26. The molecule has 2 fully saturated rings. The number of amides is 1. The summed E-state index contributed by atoms with van der Waals surface area (Å²) in [6, 6.07) is 6.95. The van der Waals surface area contributed by atoms with Gasteiger partial charge in [-0.2, -0.15) is 4.31 Å². The molecule has 1 aromatic rings. The van der Waals surface area contributed by atoms with Crippen LogP contribution in [0.4, 0.5) is 0 Å². The third kappa shape index (κ3) is 2.58. The van der Waals surface area contributed by atoms with Crippen molar-refractivity contribution >= 4 is 15.9 Å². The Kier molecular flexibility index (Phi) is 3.96. The molecule has 0 aromatic heterocycles. The van der Waals surface area contributed by atoms with Crippen molar-refractivity contribution in [3.8, 4) is 0 Å². The Hall–Kier alpha value is -1.66. The summed E-state index contributed by atoms with van der Waals surface area (Å²) < 4.78 is 26.6. The van der Waals surface area contributed by atoms with Gasteiger partial charge < -0.3 is 4.90 Å². The van der Waals surface area contributed by atoms with Gasteiger partial charge in [-0.15, -0.1) is 0 Å². The topological polar surface area (TPSA) is 57.7 Å². The quantitative estimate of drug-likeness (QED) is 0.790. The maximum atomic E-state index is 12.8. The van der Waals surface area contributed by atoms with E-state index in [1.807, 2.05) is 4.90 Å². The van der Waals surface area contributed by atoms with Crippen LogP contribution < -0.4 is 0 Å². The van der Waals surface area contributed by atoms with E-state index in [9.17, 15) is 13.2 Å². The molecule has 0 radical (unpaired) electrons. The first-order valence-electron chi connectivity index (χ1n) is 8.67. The van der Waals surface area contributed by atoms with Gasteiger partial charge in [0.25, 0.3) is 5.91 Å². The number of nitrogens with zero attached hydrogens (tertiary/aromatic N) is 2. The molecule has 128 valence electrons. The Morgan fingerprint density at radius 3 is 2.42 bits per heavy atom. The summed E-state index contributed by atoms with van der Waals surface area (Å²) in [5.74, 6) is 0.0111. The fourth-order valence-electron chi connectivity index (χ4n) is 4.04. The standard InChI is InChI=1S/C18H22N2O3S/c21-18(20-15-4-3-5-16(20)9-8-15)14-6-10-17(11-7-14)24(22,23)19-12-1-2-13-19/h3-4,6-7,10-11,15-16H,1-2,5,8-9,12-13H2. The predicted octanol–water partition coefficient (Wildman–Crippen LogP) is 2.40. The molecule has 1 aromatic carbocycles. The maximum absolute atomic E-state index is 12.8. The molecule has 5 nitrogen and oxygen atoms in total. The molecule has 2 saturated heterocycles. The van der Waals surface area contributed by atoms with Crippen molar-refractivity contribution < 1.29 is 13.2 Å². The summed E-state index contributed by atoms with van der Waals surface area (Å²) >= 11 is 0. The van der Waals surface area contributed by atoms with Crippen molar-refractivity contribution in [1.29, 1.82) is 0 Å². The van der Waals surface area contributed by atoms with E-state index in [4.69, 9.17) is 0 Å². The average Bonchev–Trinajstić information content (AvgIpc) is 3.22. The highest BCUT2D eigenvalue weighted by Crippen LogP contribution is 2.33. The van der Waals surface area contributed by atoms with Crippen LogP contribution in [0.5, 0.6) is 0 Å². The molecule has 2 bridgehead atoms. The lowest BCUT2D eigenvalue weighted by molar-refractivity contribution is 0.0689. The summed E-state index contributed by atoms with van der Waals surface area (Å²) in [5.41, 5.74) is 0.572. The van der Waals surface area contributed by atoms with Crippen LogP contribution in [-0.2, 0) is 10.0 Å². The predicted molar refractivity (Wildman–Crippen MR) is 91.2 cm³/mol. The Bertz CT molecular complexity index is 764. The van der Waals surface area contributed by atoms with Crippen LogP contribution in [0.25, 0.3) is 0 Å². The van der Waals surface area contributed by atoms with Gasteiger partial charge in [0, 0.05) is 24.7 Å². The van der Waals surface area contributed by atoms with Gasteiger partial charge in [-0.05, 0) is 56.4 Å². The molecule has 1 amide bonds. The smallest absolute Gasteiger partial charge is 0.254 e. The number of benzene rings is 1. The zero-order valence-corrected chi connectivity index (χ0v) is 14.4. The molecule has 3 aliphatic rings. The molecule has 0 N–H and O–H groups in total. The van der Waals surface area contributed by atoms with Crippen LogP contribution in [0.3, 0.4) is 0 Å². The number of carbonyl (C=O) groups is 1. The van der Waals surface area contributed by atoms with Gasteiger partial charge in [0.2, 0.25) is 10.0 Å².